The quantitative estimate of drug-likeness (QED) is 0.801. The number of halogens is 2. The number of benzene rings is 1. The smallest absolute Gasteiger partial charge is 0.147 e. The standard InChI is InChI=1S/C14H15BrFN3S/c15-11-8-9(3-6-12(11)16)14-19-18-13(20-14)2-1-7-17-10-4-5-10/h3,6,8,10,17H,1-2,4-5,7H2. The normalized spacial score (nSPS) is 14.7. The van der Waals surface area contributed by atoms with Gasteiger partial charge in [-0.3, -0.25) is 0 Å². The Labute approximate surface area is 129 Å². The summed E-state index contributed by atoms with van der Waals surface area (Å²) in [6, 6.07) is 5.68. The highest BCUT2D eigenvalue weighted by molar-refractivity contribution is 9.10. The molecule has 106 valence electrons. The van der Waals surface area contributed by atoms with Gasteiger partial charge < -0.3 is 5.32 Å². The molecule has 0 aliphatic heterocycles. The van der Waals surface area contributed by atoms with Crippen molar-refractivity contribution in [1.29, 1.82) is 0 Å². The van der Waals surface area contributed by atoms with E-state index >= 15 is 0 Å². The zero-order chi connectivity index (χ0) is 13.9. The van der Waals surface area contributed by atoms with Crippen LogP contribution in [-0.2, 0) is 6.42 Å². The first kappa shape index (κ1) is 14.1. The van der Waals surface area contributed by atoms with Crippen LogP contribution in [0, 0.1) is 5.82 Å². The van der Waals surface area contributed by atoms with Gasteiger partial charge in [-0.1, -0.05) is 11.3 Å². The van der Waals surface area contributed by atoms with Gasteiger partial charge in [0.1, 0.15) is 15.8 Å². The lowest BCUT2D eigenvalue weighted by Gasteiger charge is -1.99. The fraction of sp³-hybridized carbons (Fsp3) is 0.429. The van der Waals surface area contributed by atoms with Crippen molar-refractivity contribution in [3.05, 3.63) is 33.5 Å². The van der Waals surface area contributed by atoms with Crippen molar-refractivity contribution in [2.24, 2.45) is 0 Å². The Bertz CT molecular complexity index is 598. The second kappa shape index (κ2) is 6.28. The molecule has 2 aromatic rings. The molecule has 1 aliphatic carbocycles. The zero-order valence-corrected chi connectivity index (χ0v) is 13.3. The maximum absolute atomic E-state index is 13.2. The van der Waals surface area contributed by atoms with Crippen LogP contribution in [-0.4, -0.2) is 22.8 Å². The first-order valence-electron chi connectivity index (χ1n) is 6.73. The lowest BCUT2D eigenvalue weighted by atomic mass is 10.2. The SMILES string of the molecule is Fc1ccc(-c2nnc(CCCNC3CC3)s2)cc1Br. The molecular formula is C14H15BrFN3S. The Kier molecular flexibility index (Phi) is 4.43. The summed E-state index contributed by atoms with van der Waals surface area (Å²) in [7, 11) is 0. The molecule has 1 aliphatic rings. The molecule has 0 bridgehead atoms. The second-order valence-corrected chi connectivity index (χ2v) is 6.88. The third-order valence-electron chi connectivity index (χ3n) is 3.21. The van der Waals surface area contributed by atoms with Crippen molar-refractivity contribution in [3.8, 4) is 10.6 Å². The van der Waals surface area contributed by atoms with Crippen molar-refractivity contribution < 1.29 is 4.39 Å². The van der Waals surface area contributed by atoms with Crippen molar-refractivity contribution >= 4 is 27.3 Å². The van der Waals surface area contributed by atoms with E-state index in [9.17, 15) is 4.39 Å². The van der Waals surface area contributed by atoms with Gasteiger partial charge in [-0.2, -0.15) is 0 Å². The number of nitrogens with one attached hydrogen (secondary N) is 1. The van der Waals surface area contributed by atoms with Crippen LogP contribution in [0.15, 0.2) is 22.7 Å². The summed E-state index contributed by atoms with van der Waals surface area (Å²) in [6.45, 7) is 1.04. The molecule has 0 saturated heterocycles. The highest BCUT2D eigenvalue weighted by Gasteiger charge is 2.19. The van der Waals surface area contributed by atoms with Gasteiger partial charge in [0.2, 0.25) is 0 Å². The summed E-state index contributed by atoms with van der Waals surface area (Å²) in [5.74, 6) is -0.260. The Morgan fingerprint density at radius 1 is 1.35 bits per heavy atom. The first-order valence-corrected chi connectivity index (χ1v) is 8.34. The summed E-state index contributed by atoms with van der Waals surface area (Å²) in [5, 5.41) is 13.8. The molecule has 1 aromatic carbocycles. The summed E-state index contributed by atoms with van der Waals surface area (Å²) in [5.41, 5.74) is 0.901. The Morgan fingerprint density at radius 3 is 2.95 bits per heavy atom. The average molecular weight is 356 g/mol. The van der Waals surface area contributed by atoms with Gasteiger partial charge >= 0.3 is 0 Å². The third kappa shape index (κ3) is 3.62. The van der Waals surface area contributed by atoms with E-state index < -0.39 is 0 Å². The van der Waals surface area contributed by atoms with Gasteiger partial charge in [0.15, 0.2) is 0 Å². The van der Waals surface area contributed by atoms with Crippen LogP contribution in [0.1, 0.15) is 24.3 Å². The summed E-state index contributed by atoms with van der Waals surface area (Å²) >= 11 is 4.78. The van der Waals surface area contributed by atoms with E-state index in [2.05, 4.69) is 31.4 Å². The molecule has 0 amide bonds. The minimum atomic E-state index is -0.260. The first-order chi connectivity index (χ1) is 9.72. The number of rotatable bonds is 6. The molecule has 0 unspecified atom stereocenters. The van der Waals surface area contributed by atoms with Crippen LogP contribution in [0.4, 0.5) is 4.39 Å². The molecule has 3 nitrogen and oxygen atoms in total. The number of nitrogens with zero attached hydrogens (tertiary/aromatic N) is 2. The molecule has 1 N–H and O–H groups in total. The molecule has 1 fully saturated rings. The summed E-state index contributed by atoms with van der Waals surface area (Å²) < 4.78 is 13.7. The number of aryl methyl sites for hydroxylation is 1. The third-order valence-corrected chi connectivity index (χ3v) is 4.85. The molecule has 1 aromatic heterocycles. The van der Waals surface area contributed by atoms with E-state index in [0.717, 1.165) is 41.0 Å². The van der Waals surface area contributed by atoms with Crippen LogP contribution in [0.25, 0.3) is 10.6 Å². The van der Waals surface area contributed by atoms with Gasteiger partial charge in [-0.25, -0.2) is 4.39 Å². The fourth-order valence-electron chi connectivity index (χ4n) is 1.93. The number of aromatic nitrogens is 2. The van der Waals surface area contributed by atoms with Crippen molar-refractivity contribution in [3.63, 3.8) is 0 Å². The van der Waals surface area contributed by atoms with Crippen LogP contribution in [0.3, 0.4) is 0 Å². The van der Waals surface area contributed by atoms with E-state index in [1.165, 1.54) is 18.9 Å². The molecule has 20 heavy (non-hydrogen) atoms. The maximum atomic E-state index is 13.2. The van der Waals surface area contributed by atoms with Crippen LogP contribution >= 0.6 is 27.3 Å². The Balaban J connectivity index is 1.58. The fourth-order valence-corrected chi connectivity index (χ4v) is 3.19. The molecular weight excluding hydrogens is 341 g/mol. The topological polar surface area (TPSA) is 37.8 Å². The van der Waals surface area contributed by atoms with Gasteiger partial charge in [-0.15, -0.1) is 10.2 Å². The van der Waals surface area contributed by atoms with Crippen molar-refractivity contribution in [2.45, 2.75) is 31.7 Å². The van der Waals surface area contributed by atoms with Crippen LogP contribution in [0.2, 0.25) is 0 Å². The molecule has 0 radical (unpaired) electrons. The van der Waals surface area contributed by atoms with Gasteiger partial charge in [-0.05, 0) is 59.9 Å². The van der Waals surface area contributed by atoms with Gasteiger partial charge in [0.05, 0.1) is 4.47 Å². The Hall–Kier alpha value is -0.850. The van der Waals surface area contributed by atoms with Crippen LogP contribution in [0.5, 0.6) is 0 Å². The molecule has 0 spiro atoms. The molecule has 1 heterocycles. The average Bonchev–Trinajstić information content (AvgIpc) is 3.15. The van der Waals surface area contributed by atoms with E-state index in [4.69, 9.17) is 0 Å². The summed E-state index contributed by atoms with van der Waals surface area (Å²) in [4.78, 5) is 0. The predicted octanol–water partition coefficient (Wildman–Crippen LogP) is 3.79. The van der Waals surface area contributed by atoms with Crippen LogP contribution < -0.4 is 5.32 Å². The minimum Gasteiger partial charge on any atom is -0.314 e. The molecule has 1 saturated carbocycles. The van der Waals surface area contributed by atoms with Gasteiger partial charge in [0, 0.05) is 18.0 Å². The molecule has 3 rings (SSSR count). The summed E-state index contributed by atoms with van der Waals surface area (Å²) in [6.07, 6.45) is 4.67. The van der Waals surface area contributed by atoms with Gasteiger partial charge in [0.25, 0.3) is 0 Å². The monoisotopic (exact) mass is 355 g/mol. The number of hydrogen-bond donors (Lipinski definition) is 1. The van der Waals surface area contributed by atoms with E-state index in [1.807, 2.05) is 0 Å². The predicted molar refractivity (Wildman–Crippen MR) is 82.3 cm³/mol. The largest absolute Gasteiger partial charge is 0.314 e. The van der Waals surface area contributed by atoms with E-state index in [1.54, 1.807) is 23.5 Å². The Morgan fingerprint density at radius 2 is 2.20 bits per heavy atom. The van der Waals surface area contributed by atoms with E-state index in [-0.39, 0.29) is 5.82 Å². The highest BCUT2D eigenvalue weighted by atomic mass is 79.9. The lowest BCUT2D eigenvalue weighted by molar-refractivity contribution is 0.621. The second-order valence-electron chi connectivity index (χ2n) is 4.96. The minimum absolute atomic E-state index is 0.260. The lowest BCUT2D eigenvalue weighted by Crippen LogP contribution is -2.17. The maximum Gasteiger partial charge on any atom is 0.147 e. The zero-order valence-electron chi connectivity index (χ0n) is 10.9. The number of hydrogen-bond acceptors (Lipinski definition) is 4. The molecule has 0 atom stereocenters. The van der Waals surface area contributed by atoms with E-state index in [0.29, 0.717) is 4.47 Å². The van der Waals surface area contributed by atoms with Crippen molar-refractivity contribution in [1.82, 2.24) is 15.5 Å². The van der Waals surface area contributed by atoms with Crippen molar-refractivity contribution in [2.75, 3.05) is 6.54 Å². The highest BCUT2D eigenvalue weighted by Crippen LogP contribution is 2.28. The molecule has 6 heteroatoms.